The summed E-state index contributed by atoms with van der Waals surface area (Å²) in [6.45, 7) is 3.86. The fraction of sp³-hybridized carbons (Fsp3) is 0.464. The van der Waals surface area contributed by atoms with Gasteiger partial charge in [-0.15, -0.1) is 5.10 Å². The van der Waals surface area contributed by atoms with Gasteiger partial charge in [0.1, 0.15) is 6.04 Å². The van der Waals surface area contributed by atoms with Gasteiger partial charge in [-0.05, 0) is 60.4 Å². The second-order valence-electron chi connectivity index (χ2n) is 10.4. The topological polar surface area (TPSA) is 191 Å². The number of nitrogens with two attached hydrogens (primary N) is 1. The van der Waals surface area contributed by atoms with Crippen molar-refractivity contribution < 1.29 is 27.9 Å². The summed E-state index contributed by atoms with van der Waals surface area (Å²) in [5.41, 5.74) is 6.59. The van der Waals surface area contributed by atoms with Crippen LogP contribution < -0.4 is 16.4 Å². The number of tetrazole rings is 1. The third kappa shape index (κ3) is 10.3. The van der Waals surface area contributed by atoms with E-state index >= 15 is 0 Å². The molecule has 0 unspecified atom stereocenters. The van der Waals surface area contributed by atoms with Gasteiger partial charge in [-0.1, -0.05) is 42.5 Å². The summed E-state index contributed by atoms with van der Waals surface area (Å²) in [4.78, 5) is 25.2. The number of amides is 2. The number of aliphatic hydroxyl groups excluding tert-OH is 1. The Morgan fingerprint density at radius 2 is 1.86 bits per heavy atom. The van der Waals surface area contributed by atoms with Crippen molar-refractivity contribution in [1.82, 2.24) is 30.8 Å². The SMILES string of the molecule is CC(C)(N)C(=O)N[C@H](COCc1ccccc1)c1nnnn1CCCC(=O)NCCc1cccc(S(=O)(=O)CCO)c1. The molecule has 5 N–H and O–H groups in total. The maximum Gasteiger partial charge on any atom is 0.240 e. The number of carbonyl (C=O) groups excluding carboxylic acids is 2. The first-order valence-electron chi connectivity index (χ1n) is 13.7. The maximum atomic E-state index is 12.7. The predicted molar refractivity (Wildman–Crippen MR) is 155 cm³/mol. The average Bonchev–Trinajstić information content (AvgIpc) is 3.41. The molecular formula is C28H39N7O6S. The number of hydrogen-bond acceptors (Lipinski definition) is 10. The van der Waals surface area contributed by atoms with Crippen LogP contribution in [0.4, 0.5) is 0 Å². The lowest BCUT2D eigenvalue weighted by Crippen LogP contribution is -2.51. The largest absolute Gasteiger partial charge is 0.395 e. The van der Waals surface area contributed by atoms with E-state index in [4.69, 9.17) is 15.6 Å². The van der Waals surface area contributed by atoms with Gasteiger partial charge in [0, 0.05) is 19.5 Å². The summed E-state index contributed by atoms with van der Waals surface area (Å²) in [5, 5.41) is 26.6. The first-order chi connectivity index (χ1) is 20.0. The Labute approximate surface area is 245 Å². The number of aryl methyl sites for hydroxylation is 1. The smallest absolute Gasteiger partial charge is 0.240 e. The number of nitrogens with one attached hydrogen (secondary N) is 2. The van der Waals surface area contributed by atoms with E-state index in [1.54, 1.807) is 32.0 Å². The molecule has 3 aromatic rings. The molecule has 0 bridgehead atoms. The molecule has 42 heavy (non-hydrogen) atoms. The highest BCUT2D eigenvalue weighted by molar-refractivity contribution is 7.91. The molecule has 2 aromatic carbocycles. The molecule has 2 amide bonds. The van der Waals surface area contributed by atoms with Crippen LogP contribution in [0.5, 0.6) is 0 Å². The molecular weight excluding hydrogens is 562 g/mol. The van der Waals surface area contributed by atoms with Crippen LogP contribution in [0.1, 0.15) is 49.7 Å². The Balaban J connectivity index is 1.52. The zero-order valence-electron chi connectivity index (χ0n) is 23.9. The Hall–Kier alpha value is -3.72. The van der Waals surface area contributed by atoms with Crippen molar-refractivity contribution in [3.05, 3.63) is 71.5 Å². The van der Waals surface area contributed by atoms with Crippen LogP contribution in [0.25, 0.3) is 0 Å². The van der Waals surface area contributed by atoms with E-state index in [0.717, 1.165) is 11.1 Å². The molecule has 0 aliphatic rings. The van der Waals surface area contributed by atoms with Crippen molar-refractivity contribution in [2.24, 2.45) is 5.73 Å². The van der Waals surface area contributed by atoms with Crippen LogP contribution in [-0.2, 0) is 43.7 Å². The van der Waals surface area contributed by atoms with E-state index in [0.29, 0.717) is 38.4 Å². The first-order valence-corrected chi connectivity index (χ1v) is 15.3. The molecule has 0 spiro atoms. The Kier molecular flexibility index (Phi) is 12.1. The monoisotopic (exact) mass is 601 g/mol. The van der Waals surface area contributed by atoms with Crippen LogP contribution in [0, 0.1) is 0 Å². The number of rotatable bonds is 17. The van der Waals surface area contributed by atoms with Crippen molar-refractivity contribution in [2.45, 2.75) is 62.7 Å². The molecule has 14 heteroatoms. The molecule has 0 fully saturated rings. The van der Waals surface area contributed by atoms with Crippen molar-refractivity contribution in [1.29, 1.82) is 0 Å². The summed E-state index contributed by atoms with van der Waals surface area (Å²) in [7, 11) is -3.54. The normalized spacial score (nSPS) is 12.6. The molecule has 0 radical (unpaired) electrons. The number of benzene rings is 2. The predicted octanol–water partition coefficient (Wildman–Crippen LogP) is 0.690. The number of hydrogen-bond donors (Lipinski definition) is 4. The molecule has 1 atom stereocenters. The van der Waals surface area contributed by atoms with Crippen LogP contribution in [0.3, 0.4) is 0 Å². The zero-order valence-corrected chi connectivity index (χ0v) is 24.7. The lowest BCUT2D eigenvalue weighted by molar-refractivity contribution is -0.126. The molecule has 0 saturated heterocycles. The molecule has 1 heterocycles. The third-order valence-electron chi connectivity index (χ3n) is 6.29. The molecule has 1 aromatic heterocycles. The lowest BCUT2D eigenvalue weighted by Gasteiger charge is -2.23. The minimum Gasteiger partial charge on any atom is -0.395 e. The van der Waals surface area contributed by atoms with E-state index in [1.807, 2.05) is 30.3 Å². The number of sulfone groups is 1. The Bertz CT molecular complexity index is 1410. The second-order valence-corrected chi connectivity index (χ2v) is 12.5. The zero-order chi connectivity index (χ0) is 30.6. The van der Waals surface area contributed by atoms with Gasteiger partial charge in [0.25, 0.3) is 0 Å². The van der Waals surface area contributed by atoms with Crippen LogP contribution in [0.15, 0.2) is 59.5 Å². The fourth-order valence-corrected chi connectivity index (χ4v) is 5.06. The van der Waals surface area contributed by atoms with Gasteiger partial charge < -0.3 is 26.2 Å². The van der Waals surface area contributed by atoms with E-state index < -0.39 is 28.0 Å². The average molecular weight is 602 g/mol. The number of aromatic nitrogens is 4. The summed E-state index contributed by atoms with van der Waals surface area (Å²) in [6, 6.07) is 15.4. The van der Waals surface area contributed by atoms with E-state index in [-0.39, 0.29) is 35.5 Å². The van der Waals surface area contributed by atoms with Gasteiger partial charge in [-0.2, -0.15) is 0 Å². The minimum atomic E-state index is -3.54. The highest BCUT2D eigenvalue weighted by Crippen LogP contribution is 2.15. The molecule has 13 nitrogen and oxygen atoms in total. The minimum absolute atomic E-state index is 0.111. The highest BCUT2D eigenvalue weighted by atomic mass is 32.2. The van der Waals surface area contributed by atoms with Gasteiger partial charge in [0.15, 0.2) is 15.7 Å². The van der Waals surface area contributed by atoms with Gasteiger partial charge >= 0.3 is 0 Å². The number of aliphatic hydroxyl groups is 1. The molecule has 228 valence electrons. The van der Waals surface area contributed by atoms with E-state index in [1.165, 1.54) is 10.7 Å². The van der Waals surface area contributed by atoms with Gasteiger partial charge in [-0.25, -0.2) is 13.1 Å². The second kappa shape index (κ2) is 15.5. The number of nitrogens with zero attached hydrogens (tertiary/aromatic N) is 4. The van der Waals surface area contributed by atoms with Crippen LogP contribution in [-0.4, -0.2) is 76.6 Å². The number of ether oxygens (including phenoxy) is 1. The van der Waals surface area contributed by atoms with Crippen LogP contribution in [0.2, 0.25) is 0 Å². The third-order valence-corrected chi connectivity index (χ3v) is 7.98. The standard InChI is InChI=1S/C28H39N7O6S/c1-28(2,29)27(38)31-24(20-41-19-22-8-4-3-5-9-22)26-32-33-34-35(26)15-7-12-25(37)30-14-13-21-10-6-11-23(18-21)42(39,40)17-16-36/h3-6,8-11,18,24,36H,7,12-17,19-20,29H2,1-2H3,(H,30,37)(H,31,38)/t24-/m1/s1. The molecule has 3 rings (SSSR count). The molecule has 0 aliphatic carbocycles. The molecule has 0 aliphatic heterocycles. The van der Waals surface area contributed by atoms with Gasteiger partial charge in [0.05, 0.1) is 36.0 Å². The van der Waals surface area contributed by atoms with Crippen LogP contribution >= 0.6 is 0 Å². The van der Waals surface area contributed by atoms with Gasteiger partial charge in [0.2, 0.25) is 11.8 Å². The fourth-order valence-electron chi connectivity index (χ4n) is 3.97. The van der Waals surface area contributed by atoms with Crippen molar-refractivity contribution in [3.8, 4) is 0 Å². The van der Waals surface area contributed by atoms with Crippen molar-refractivity contribution >= 4 is 21.7 Å². The quantitative estimate of drug-likeness (QED) is 0.171. The summed E-state index contributed by atoms with van der Waals surface area (Å²) in [6.07, 6.45) is 1.10. The summed E-state index contributed by atoms with van der Waals surface area (Å²) >= 11 is 0. The Morgan fingerprint density at radius 1 is 1.12 bits per heavy atom. The van der Waals surface area contributed by atoms with Crippen molar-refractivity contribution in [2.75, 3.05) is 25.5 Å². The first kappa shape index (κ1) is 32.8. The van der Waals surface area contributed by atoms with E-state index in [9.17, 15) is 18.0 Å². The van der Waals surface area contributed by atoms with Gasteiger partial charge in [-0.3, -0.25) is 9.59 Å². The highest BCUT2D eigenvalue weighted by Gasteiger charge is 2.28. The summed E-state index contributed by atoms with van der Waals surface area (Å²) in [5.74, 6) is -0.511. The molecule has 0 saturated carbocycles. The maximum absolute atomic E-state index is 12.7. The van der Waals surface area contributed by atoms with Crippen molar-refractivity contribution in [3.63, 3.8) is 0 Å². The number of carbonyl (C=O) groups is 2. The lowest BCUT2D eigenvalue weighted by atomic mass is 10.1. The Morgan fingerprint density at radius 3 is 2.57 bits per heavy atom. The van der Waals surface area contributed by atoms with E-state index in [2.05, 4.69) is 26.2 Å². The summed E-state index contributed by atoms with van der Waals surface area (Å²) < 4.78 is 31.7.